The van der Waals surface area contributed by atoms with Gasteiger partial charge in [-0.2, -0.15) is 0 Å². The van der Waals surface area contributed by atoms with Crippen molar-refractivity contribution in [3.63, 3.8) is 0 Å². The van der Waals surface area contributed by atoms with Gasteiger partial charge in [0.05, 0.1) is 0 Å². The minimum absolute atomic E-state index is 0.188. The maximum atomic E-state index is 10.3. The molecule has 0 aliphatic carbocycles. The summed E-state index contributed by atoms with van der Waals surface area (Å²) in [7, 11) is 0. The summed E-state index contributed by atoms with van der Waals surface area (Å²) in [6.45, 7) is 0.188. The van der Waals surface area contributed by atoms with Crippen molar-refractivity contribution >= 4 is 12.0 Å². The molecule has 4 nitrogen and oxygen atoms in total. The monoisotopic (exact) mass is 192 g/mol. The van der Waals surface area contributed by atoms with Gasteiger partial charge < -0.3 is 14.6 Å². The second kappa shape index (κ2) is 3.41. The lowest BCUT2D eigenvalue weighted by atomic mass is 10.2. The highest BCUT2D eigenvalue weighted by molar-refractivity contribution is 5.86. The Morgan fingerprint density at radius 1 is 1.43 bits per heavy atom. The first-order valence-corrected chi connectivity index (χ1v) is 4.07. The Morgan fingerprint density at radius 3 is 3.07 bits per heavy atom. The number of aliphatic carboxylic acids is 1. The van der Waals surface area contributed by atoms with Crippen LogP contribution in [0.15, 0.2) is 24.3 Å². The van der Waals surface area contributed by atoms with E-state index in [1.165, 1.54) is 6.08 Å². The van der Waals surface area contributed by atoms with E-state index in [1.807, 2.05) is 0 Å². The zero-order valence-electron chi connectivity index (χ0n) is 7.27. The van der Waals surface area contributed by atoms with Crippen LogP contribution in [0.25, 0.3) is 6.08 Å². The van der Waals surface area contributed by atoms with Crippen LogP contribution in [0, 0.1) is 0 Å². The summed E-state index contributed by atoms with van der Waals surface area (Å²) >= 11 is 0. The summed E-state index contributed by atoms with van der Waals surface area (Å²) in [6, 6.07) is 5.34. The molecule has 0 atom stereocenters. The molecule has 0 saturated heterocycles. The molecule has 1 aliphatic heterocycles. The Bertz CT molecular complexity index is 395. The summed E-state index contributed by atoms with van der Waals surface area (Å²) in [6.07, 6.45) is 2.55. The Balaban J connectivity index is 2.35. The molecule has 1 aromatic rings. The van der Waals surface area contributed by atoms with E-state index in [0.29, 0.717) is 17.1 Å². The van der Waals surface area contributed by atoms with Crippen molar-refractivity contribution in [3.05, 3.63) is 29.8 Å². The number of carboxylic acids is 1. The van der Waals surface area contributed by atoms with Crippen LogP contribution in [-0.2, 0) is 4.79 Å². The van der Waals surface area contributed by atoms with Crippen LogP contribution in [0.1, 0.15) is 5.56 Å². The van der Waals surface area contributed by atoms with Crippen LogP contribution in [0.5, 0.6) is 11.5 Å². The molecule has 0 aromatic heterocycles. The van der Waals surface area contributed by atoms with Crippen molar-refractivity contribution in [2.45, 2.75) is 0 Å². The van der Waals surface area contributed by atoms with Crippen molar-refractivity contribution in [1.82, 2.24) is 0 Å². The number of para-hydroxylation sites is 1. The van der Waals surface area contributed by atoms with E-state index < -0.39 is 5.97 Å². The summed E-state index contributed by atoms with van der Waals surface area (Å²) < 4.78 is 10.3. The molecule has 0 spiro atoms. The first-order valence-electron chi connectivity index (χ1n) is 4.07. The van der Waals surface area contributed by atoms with E-state index >= 15 is 0 Å². The molecule has 0 amide bonds. The number of benzene rings is 1. The molecular formula is C10H8O4. The predicted octanol–water partition coefficient (Wildman–Crippen LogP) is 1.51. The first kappa shape index (κ1) is 8.62. The molecule has 0 saturated carbocycles. The average Bonchev–Trinajstić information content (AvgIpc) is 2.62. The fraction of sp³-hybridized carbons (Fsp3) is 0.100. The van der Waals surface area contributed by atoms with Crippen LogP contribution < -0.4 is 9.47 Å². The quantitative estimate of drug-likeness (QED) is 0.721. The second-order valence-corrected chi connectivity index (χ2v) is 2.75. The van der Waals surface area contributed by atoms with Crippen molar-refractivity contribution in [2.24, 2.45) is 0 Å². The third kappa shape index (κ3) is 1.54. The van der Waals surface area contributed by atoms with E-state index in [4.69, 9.17) is 14.6 Å². The van der Waals surface area contributed by atoms with Crippen molar-refractivity contribution < 1.29 is 19.4 Å². The molecule has 1 aliphatic rings. The van der Waals surface area contributed by atoms with Gasteiger partial charge in [-0.05, 0) is 12.1 Å². The number of hydrogen-bond donors (Lipinski definition) is 1. The third-order valence-corrected chi connectivity index (χ3v) is 1.83. The molecule has 0 unspecified atom stereocenters. The number of ether oxygens (including phenoxy) is 2. The molecule has 1 aromatic carbocycles. The lowest BCUT2D eigenvalue weighted by Gasteiger charge is -1.98. The van der Waals surface area contributed by atoms with Crippen LogP contribution in [0.2, 0.25) is 0 Å². The third-order valence-electron chi connectivity index (χ3n) is 1.83. The molecular weight excluding hydrogens is 184 g/mol. The molecule has 2 rings (SSSR count). The average molecular weight is 192 g/mol. The maximum absolute atomic E-state index is 10.3. The van der Waals surface area contributed by atoms with E-state index in [9.17, 15) is 4.79 Å². The Labute approximate surface area is 80.4 Å². The molecule has 4 heteroatoms. The fourth-order valence-corrected chi connectivity index (χ4v) is 1.25. The Morgan fingerprint density at radius 2 is 2.29 bits per heavy atom. The van der Waals surface area contributed by atoms with Gasteiger partial charge >= 0.3 is 5.97 Å². The van der Waals surface area contributed by atoms with Gasteiger partial charge in [0.2, 0.25) is 6.79 Å². The van der Waals surface area contributed by atoms with Gasteiger partial charge in [0, 0.05) is 11.6 Å². The Hall–Kier alpha value is -1.97. The van der Waals surface area contributed by atoms with Crippen molar-refractivity contribution in [1.29, 1.82) is 0 Å². The van der Waals surface area contributed by atoms with E-state index in [2.05, 4.69) is 0 Å². The molecule has 1 heterocycles. The van der Waals surface area contributed by atoms with Crippen LogP contribution in [0.3, 0.4) is 0 Å². The molecule has 14 heavy (non-hydrogen) atoms. The lowest BCUT2D eigenvalue weighted by Crippen LogP contribution is -1.93. The zero-order valence-corrected chi connectivity index (χ0v) is 7.27. The molecule has 72 valence electrons. The van der Waals surface area contributed by atoms with Gasteiger partial charge in [0.15, 0.2) is 11.5 Å². The van der Waals surface area contributed by atoms with Gasteiger partial charge in [-0.3, -0.25) is 0 Å². The highest BCUT2D eigenvalue weighted by Gasteiger charge is 2.15. The Kier molecular flexibility index (Phi) is 2.10. The van der Waals surface area contributed by atoms with Gasteiger partial charge in [-0.25, -0.2) is 4.79 Å². The number of rotatable bonds is 2. The predicted molar refractivity (Wildman–Crippen MR) is 49.2 cm³/mol. The highest BCUT2D eigenvalue weighted by Crippen LogP contribution is 2.35. The lowest BCUT2D eigenvalue weighted by molar-refractivity contribution is -0.131. The minimum Gasteiger partial charge on any atom is -0.478 e. The molecule has 0 radical (unpaired) electrons. The first-order chi connectivity index (χ1) is 6.77. The second-order valence-electron chi connectivity index (χ2n) is 2.75. The normalized spacial score (nSPS) is 13.4. The highest BCUT2D eigenvalue weighted by atomic mass is 16.7. The minimum atomic E-state index is -0.985. The van der Waals surface area contributed by atoms with E-state index in [-0.39, 0.29) is 6.79 Å². The number of carbonyl (C=O) groups is 1. The van der Waals surface area contributed by atoms with Crippen LogP contribution >= 0.6 is 0 Å². The SMILES string of the molecule is O=C(O)/C=C\c1cccc2c1OCO2. The van der Waals surface area contributed by atoms with E-state index in [1.54, 1.807) is 18.2 Å². The zero-order chi connectivity index (χ0) is 9.97. The smallest absolute Gasteiger partial charge is 0.328 e. The van der Waals surface area contributed by atoms with Crippen molar-refractivity contribution in [2.75, 3.05) is 6.79 Å². The summed E-state index contributed by atoms with van der Waals surface area (Å²) in [5.74, 6) is 0.268. The van der Waals surface area contributed by atoms with Gasteiger partial charge in [0.1, 0.15) is 0 Å². The number of hydrogen-bond acceptors (Lipinski definition) is 3. The van der Waals surface area contributed by atoms with Crippen LogP contribution in [0.4, 0.5) is 0 Å². The fourth-order valence-electron chi connectivity index (χ4n) is 1.25. The maximum Gasteiger partial charge on any atom is 0.328 e. The van der Waals surface area contributed by atoms with Crippen molar-refractivity contribution in [3.8, 4) is 11.5 Å². The van der Waals surface area contributed by atoms with Gasteiger partial charge in [-0.1, -0.05) is 12.1 Å². The summed E-state index contributed by atoms with van der Waals surface area (Å²) in [4.78, 5) is 10.3. The molecule has 0 bridgehead atoms. The summed E-state index contributed by atoms with van der Waals surface area (Å²) in [5.41, 5.74) is 0.711. The standard InChI is InChI=1S/C10H8O4/c11-9(12)5-4-7-2-1-3-8-10(7)14-6-13-8/h1-5H,6H2,(H,11,12)/b5-4-. The summed E-state index contributed by atoms with van der Waals surface area (Å²) in [5, 5.41) is 8.46. The molecule has 1 N–H and O–H groups in total. The topological polar surface area (TPSA) is 55.8 Å². The molecule has 0 fully saturated rings. The number of fused-ring (bicyclic) bond motifs is 1. The largest absolute Gasteiger partial charge is 0.478 e. The van der Waals surface area contributed by atoms with E-state index in [0.717, 1.165) is 6.08 Å². The van der Waals surface area contributed by atoms with Crippen LogP contribution in [-0.4, -0.2) is 17.9 Å². The van der Waals surface area contributed by atoms with Gasteiger partial charge in [-0.15, -0.1) is 0 Å². The van der Waals surface area contributed by atoms with Gasteiger partial charge in [0.25, 0.3) is 0 Å². The number of carboxylic acid groups (broad SMARTS) is 1.